The van der Waals surface area contributed by atoms with Gasteiger partial charge in [-0.2, -0.15) is 5.26 Å². The monoisotopic (exact) mass is 527 g/mol. The Hall–Kier alpha value is -3.09. The fraction of sp³-hybridized carbons (Fsp3) is 0.250. The van der Waals surface area contributed by atoms with Crippen LogP contribution in [0.2, 0.25) is 0 Å². The molecule has 3 rings (SSSR count). The lowest BCUT2D eigenvalue weighted by molar-refractivity contribution is -0.150. The summed E-state index contributed by atoms with van der Waals surface area (Å²) in [5, 5.41) is 15.7. The maximum absolute atomic E-state index is 12.9. The third-order valence-corrected chi connectivity index (χ3v) is 6.80. The highest BCUT2D eigenvalue weighted by Gasteiger charge is 2.44. The number of carbonyl (C=O) groups is 3. The molecule has 0 radical (unpaired) electrons. The van der Waals surface area contributed by atoms with E-state index in [0.29, 0.717) is 5.56 Å². The van der Waals surface area contributed by atoms with Crippen molar-refractivity contribution < 1.29 is 19.1 Å². The van der Waals surface area contributed by atoms with Gasteiger partial charge in [0.1, 0.15) is 5.92 Å². The summed E-state index contributed by atoms with van der Waals surface area (Å²) in [4.78, 5) is 37.9. The van der Waals surface area contributed by atoms with Gasteiger partial charge in [0.05, 0.1) is 29.5 Å². The molecular formula is C24H22BrN3O4S. The number of esters is 1. The van der Waals surface area contributed by atoms with Gasteiger partial charge >= 0.3 is 5.97 Å². The molecule has 33 heavy (non-hydrogen) atoms. The number of nitrogens with zero attached hydrogens (tertiary/aromatic N) is 1. The summed E-state index contributed by atoms with van der Waals surface area (Å²) in [5.74, 6) is -3.66. The summed E-state index contributed by atoms with van der Waals surface area (Å²) >= 11 is 4.44. The number of rotatable bonds is 6. The number of amides is 2. The molecular weight excluding hydrogens is 506 g/mol. The van der Waals surface area contributed by atoms with Crippen LogP contribution in [0.4, 0.5) is 5.69 Å². The first kappa shape index (κ1) is 24.6. The van der Waals surface area contributed by atoms with E-state index in [4.69, 9.17) is 4.74 Å². The van der Waals surface area contributed by atoms with Crippen LogP contribution in [0.25, 0.3) is 0 Å². The van der Waals surface area contributed by atoms with Gasteiger partial charge in [0, 0.05) is 16.1 Å². The zero-order valence-electron chi connectivity index (χ0n) is 18.3. The average Bonchev–Trinajstić information content (AvgIpc) is 2.79. The summed E-state index contributed by atoms with van der Waals surface area (Å²) in [7, 11) is 1.20. The second-order valence-corrected chi connectivity index (χ2v) is 9.38. The average molecular weight is 528 g/mol. The quantitative estimate of drug-likeness (QED) is 0.431. The molecule has 0 bridgehead atoms. The van der Waals surface area contributed by atoms with Gasteiger partial charge in [-0.05, 0) is 42.7 Å². The molecule has 2 aromatic carbocycles. The second kappa shape index (κ2) is 10.7. The molecule has 0 unspecified atom stereocenters. The Balaban J connectivity index is 1.91. The first-order valence-corrected chi connectivity index (χ1v) is 11.8. The van der Waals surface area contributed by atoms with Crippen LogP contribution < -0.4 is 10.6 Å². The van der Waals surface area contributed by atoms with Crippen molar-refractivity contribution in [2.45, 2.75) is 19.8 Å². The molecule has 9 heteroatoms. The molecule has 1 aliphatic rings. The number of halogens is 1. The van der Waals surface area contributed by atoms with Gasteiger partial charge in [-0.15, -0.1) is 0 Å². The molecule has 7 nitrogen and oxygen atoms in total. The number of nitrogens with one attached hydrogen (secondary N) is 2. The summed E-state index contributed by atoms with van der Waals surface area (Å²) in [5.41, 5.74) is 3.43. The minimum absolute atomic E-state index is 0.0251. The van der Waals surface area contributed by atoms with E-state index in [-0.39, 0.29) is 22.3 Å². The predicted molar refractivity (Wildman–Crippen MR) is 130 cm³/mol. The number of para-hydroxylation sites is 1. The molecule has 2 amide bonds. The molecule has 0 saturated carbocycles. The van der Waals surface area contributed by atoms with Crippen molar-refractivity contribution in [3.8, 4) is 6.07 Å². The highest BCUT2D eigenvalue weighted by atomic mass is 79.9. The van der Waals surface area contributed by atoms with Crippen LogP contribution >= 0.6 is 27.7 Å². The third-order valence-electron chi connectivity index (χ3n) is 5.28. The predicted octanol–water partition coefficient (Wildman–Crippen LogP) is 4.18. The van der Waals surface area contributed by atoms with Crippen molar-refractivity contribution in [1.29, 1.82) is 5.26 Å². The van der Waals surface area contributed by atoms with Crippen molar-refractivity contribution >= 4 is 51.2 Å². The van der Waals surface area contributed by atoms with E-state index < -0.39 is 23.7 Å². The standard InChI is InChI=1S/C24H22BrN3O4S/c1-13-6-4-7-14(2)21(13)27-18(29)12-33-23-17(11-26)19(15-8-5-9-16(25)10-15)20(22(30)28-23)24(31)32-3/h4-10,19-20H,12H2,1-3H3,(H,27,29)(H,28,30)/t19-,20-/m0/s1. The number of thioether (sulfide) groups is 1. The van der Waals surface area contributed by atoms with Crippen LogP contribution in [0.3, 0.4) is 0 Å². The number of aryl methyl sites for hydroxylation is 2. The minimum atomic E-state index is -1.22. The molecule has 170 valence electrons. The van der Waals surface area contributed by atoms with Crippen LogP contribution in [0, 0.1) is 31.1 Å². The number of benzene rings is 2. The largest absolute Gasteiger partial charge is 0.468 e. The maximum Gasteiger partial charge on any atom is 0.319 e. The zero-order chi connectivity index (χ0) is 24.1. The van der Waals surface area contributed by atoms with Gasteiger partial charge < -0.3 is 15.4 Å². The summed E-state index contributed by atoms with van der Waals surface area (Å²) < 4.78 is 5.59. The van der Waals surface area contributed by atoms with Gasteiger partial charge in [-0.1, -0.05) is 58.0 Å². The van der Waals surface area contributed by atoms with Gasteiger partial charge in [0.25, 0.3) is 0 Å². The van der Waals surface area contributed by atoms with E-state index in [2.05, 4.69) is 32.6 Å². The smallest absolute Gasteiger partial charge is 0.319 e. The Bertz CT molecular complexity index is 1170. The van der Waals surface area contributed by atoms with Crippen molar-refractivity contribution in [3.63, 3.8) is 0 Å². The molecule has 0 aromatic heterocycles. The van der Waals surface area contributed by atoms with Crippen LogP contribution in [0.1, 0.15) is 22.6 Å². The van der Waals surface area contributed by atoms with Gasteiger partial charge in [-0.25, -0.2) is 0 Å². The lowest BCUT2D eigenvalue weighted by atomic mass is 9.78. The Morgan fingerprint density at radius 2 is 1.88 bits per heavy atom. The van der Waals surface area contributed by atoms with Gasteiger partial charge in [-0.3, -0.25) is 14.4 Å². The SMILES string of the molecule is COC(=O)[C@@H]1C(=O)NC(SCC(=O)Nc2c(C)cccc2C)=C(C#N)[C@@H]1c1cccc(Br)c1. The molecule has 1 aliphatic heterocycles. The Morgan fingerprint density at radius 1 is 1.21 bits per heavy atom. The molecule has 0 fully saturated rings. The fourth-order valence-electron chi connectivity index (χ4n) is 3.70. The van der Waals surface area contributed by atoms with Crippen LogP contribution in [-0.4, -0.2) is 30.6 Å². The van der Waals surface area contributed by atoms with E-state index >= 15 is 0 Å². The summed E-state index contributed by atoms with van der Waals surface area (Å²) in [6.07, 6.45) is 0. The summed E-state index contributed by atoms with van der Waals surface area (Å²) in [6.45, 7) is 3.81. The topological polar surface area (TPSA) is 108 Å². The Morgan fingerprint density at radius 3 is 2.48 bits per heavy atom. The van der Waals surface area contributed by atoms with Crippen LogP contribution in [-0.2, 0) is 19.1 Å². The first-order valence-electron chi connectivity index (χ1n) is 10.0. The lowest BCUT2D eigenvalue weighted by Gasteiger charge is -2.31. The molecule has 1 heterocycles. The molecule has 0 saturated heterocycles. The molecule has 2 N–H and O–H groups in total. The highest BCUT2D eigenvalue weighted by molar-refractivity contribution is 9.10. The van der Waals surface area contributed by atoms with E-state index in [0.717, 1.165) is 33.0 Å². The third kappa shape index (κ3) is 5.46. The molecule has 2 atom stereocenters. The van der Waals surface area contributed by atoms with Gasteiger partial charge in [0.15, 0.2) is 0 Å². The Kier molecular flexibility index (Phi) is 7.95. The van der Waals surface area contributed by atoms with E-state index in [9.17, 15) is 19.6 Å². The number of nitriles is 1. The molecule has 2 aromatic rings. The highest BCUT2D eigenvalue weighted by Crippen LogP contribution is 2.40. The second-order valence-electron chi connectivity index (χ2n) is 7.48. The number of methoxy groups -OCH3 is 1. The number of hydrogen-bond acceptors (Lipinski definition) is 6. The molecule has 0 spiro atoms. The number of hydrogen-bond donors (Lipinski definition) is 2. The van der Waals surface area contributed by atoms with Crippen LogP contribution in [0.15, 0.2) is 57.5 Å². The normalized spacial score (nSPS) is 17.7. The first-order chi connectivity index (χ1) is 15.8. The Labute approximate surface area is 204 Å². The van der Waals surface area contributed by atoms with E-state index in [1.807, 2.05) is 38.1 Å². The van der Waals surface area contributed by atoms with Crippen molar-refractivity contribution in [2.24, 2.45) is 5.92 Å². The van der Waals surface area contributed by atoms with Crippen molar-refractivity contribution in [3.05, 3.63) is 74.2 Å². The van der Waals surface area contributed by atoms with Crippen molar-refractivity contribution in [2.75, 3.05) is 18.2 Å². The summed E-state index contributed by atoms with van der Waals surface area (Å²) in [6, 6.07) is 14.9. The van der Waals surface area contributed by atoms with Crippen LogP contribution in [0.5, 0.6) is 0 Å². The number of allylic oxidation sites excluding steroid dienone is 1. The van der Waals surface area contributed by atoms with E-state index in [1.54, 1.807) is 18.2 Å². The lowest BCUT2D eigenvalue weighted by Crippen LogP contribution is -2.44. The van der Waals surface area contributed by atoms with E-state index in [1.165, 1.54) is 7.11 Å². The van der Waals surface area contributed by atoms with Gasteiger partial charge in [0.2, 0.25) is 11.8 Å². The number of carbonyl (C=O) groups excluding carboxylic acids is 3. The fourth-order valence-corrected chi connectivity index (χ4v) is 4.97. The van der Waals surface area contributed by atoms with Crippen molar-refractivity contribution in [1.82, 2.24) is 5.32 Å². The number of anilines is 1. The minimum Gasteiger partial charge on any atom is -0.468 e. The number of ether oxygens (including phenoxy) is 1. The maximum atomic E-state index is 12.9. The zero-order valence-corrected chi connectivity index (χ0v) is 20.7. The molecule has 0 aliphatic carbocycles.